The first-order valence-corrected chi connectivity index (χ1v) is 8.55. The van der Waals surface area contributed by atoms with Gasteiger partial charge in [0.15, 0.2) is 0 Å². The lowest BCUT2D eigenvalue weighted by atomic mass is 10.0. The van der Waals surface area contributed by atoms with Gasteiger partial charge in [0.2, 0.25) is 0 Å². The van der Waals surface area contributed by atoms with E-state index >= 15 is 0 Å². The second-order valence-corrected chi connectivity index (χ2v) is 6.53. The van der Waals surface area contributed by atoms with Crippen molar-refractivity contribution < 1.29 is 5.11 Å². The van der Waals surface area contributed by atoms with Crippen LogP contribution in [0.1, 0.15) is 30.4 Å². The molecule has 3 rings (SSSR count). The van der Waals surface area contributed by atoms with E-state index in [1.54, 1.807) is 17.1 Å². The molecule has 1 fully saturated rings. The van der Waals surface area contributed by atoms with E-state index in [-0.39, 0.29) is 6.61 Å². The molecule has 3 heterocycles. The van der Waals surface area contributed by atoms with E-state index in [0.29, 0.717) is 11.1 Å². The van der Waals surface area contributed by atoms with Crippen LogP contribution in [0.5, 0.6) is 0 Å². The summed E-state index contributed by atoms with van der Waals surface area (Å²) in [4.78, 5) is 6.48. The predicted molar refractivity (Wildman–Crippen MR) is 95.1 cm³/mol. The minimum atomic E-state index is 0.263. The Hall–Kier alpha value is -2.03. The normalized spacial score (nSPS) is 18.0. The fraction of sp³-hybridized carbons (Fsp3) is 0.444. The largest absolute Gasteiger partial charge is 0.396 e. The first-order chi connectivity index (χ1) is 11.7. The van der Waals surface area contributed by atoms with E-state index in [2.05, 4.69) is 26.8 Å². The number of halogens is 1. The standard InChI is InChI=1S/C18H21ClN4O/c1-22-12-15(10-21-22)4-5-16-11-20-18(19)9-17(16)23-7-2-3-14(13-24)6-8-23/h9-12,14,24H,2-3,6-8,13H2,1H3. The van der Waals surface area contributed by atoms with Crippen LogP contribution in [0.4, 0.5) is 5.69 Å². The van der Waals surface area contributed by atoms with Gasteiger partial charge in [0.1, 0.15) is 5.15 Å². The van der Waals surface area contributed by atoms with E-state index in [9.17, 15) is 5.11 Å². The van der Waals surface area contributed by atoms with Crippen LogP contribution in [-0.4, -0.2) is 39.6 Å². The number of hydrogen-bond donors (Lipinski definition) is 1. The maximum absolute atomic E-state index is 9.40. The summed E-state index contributed by atoms with van der Waals surface area (Å²) < 4.78 is 1.73. The molecule has 1 aliphatic rings. The summed E-state index contributed by atoms with van der Waals surface area (Å²) in [6.45, 7) is 2.10. The van der Waals surface area contributed by atoms with Crippen LogP contribution < -0.4 is 4.90 Å². The van der Waals surface area contributed by atoms with Gasteiger partial charge in [-0.1, -0.05) is 23.4 Å². The number of hydrogen-bond acceptors (Lipinski definition) is 4. The molecule has 0 aliphatic carbocycles. The van der Waals surface area contributed by atoms with E-state index in [1.807, 2.05) is 19.3 Å². The second-order valence-electron chi connectivity index (χ2n) is 6.14. The smallest absolute Gasteiger partial charge is 0.131 e. The fourth-order valence-corrected chi connectivity index (χ4v) is 3.14. The van der Waals surface area contributed by atoms with Crippen LogP contribution >= 0.6 is 11.6 Å². The summed E-state index contributed by atoms with van der Waals surface area (Å²) in [6.07, 6.45) is 8.45. The molecular formula is C18H21ClN4O. The van der Waals surface area contributed by atoms with E-state index < -0.39 is 0 Å². The van der Waals surface area contributed by atoms with Crippen molar-refractivity contribution in [2.45, 2.75) is 19.3 Å². The molecular weight excluding hydrogens is 324 g/mol. The van der Waals surface area contributed by atoms with Crippen LogP contribution in [0.25, 0.3) is 0 Å². The number of anilines is 1. The monoisotopic (exact) mass is 344 g/mol. The Kier molecular flexibility index (Phi) is 5.39. The Bertz CT molecular complexity index is 762. The van der Waals surface area contributed by atoms with Crippen LogP contribution in [0, 0.1) is 17.8 Å². The molecule has 1 saturated heterocycles. The highest BCUT2D eigenvalue weighted by atomic mass is 35.5. The average Bonchev–Trinajstić information content (AvgIpc) is 2.85. The molecule has 5 nitrogen and oxygen atoms in total. The van der Waals surface area contributed by atoms with E-state index in [4.69, 9.17) is 11.6 Å². The highest BCUT2D eigenvalue weighted by molar-refractivity contribution is 6.29. The number of pyridine rings is 1. The zero-order chi connectivity index (χ0) is 16.9. The quantitative estimate of drug-likeness (QED) is 0.671. The predicted octanol–water partition coefficient (Wildman–Crippen LogP) is 2.47. The van der Waals surface area contributed by atoms with Crippen molar-refractivity contribution in [1.82, 2.24) is 14.8 Å². The number of aliphatic hydroxyl groups is 1. The Morgan fingerprint density at radius 3 is 2.92 bits per heavy atom. The van der Waals surface area contributed by atoms with Crippen LogP contribution in [0.3, 0.4) is 0 Å². The molecule has 0 aromatic carbocycles. The molecule has 1 aliphatic heterocycles. The number of nitrogens with zero attached hydrogens (tertiary/aromatic N) is 4. The molecule has 24 heavy (non-hydrogen) atoms. The number of aryl methyl sites for hydroxylation is 1. The van der Waals surface area contributed by atoms with Crippen LogP contribution in [0.2, 0.25) is 5.15 Å². The number of aromatic nitrogens is 3. The van der Waals surface area contributed by atoms with E-state index in [1.165, 1.54) is 0 Å². The Morgan fingerprint density at radius 1 is 1.29 bits per heavy atom. The Balaban J connectivity index is 1.87. The molecule has 0 bridgehead atoms. The maximum Gasteiger partial charge on any atom is 0.131 e. The minimum absolute atomic E-state index is 0.263. The van der Waals surface area contributed by atoms with Crippen molar-refractivity contribution in [2.24, 2.45) is 13.0 Å². The van der Waals surface area contributed by atoms with Gasteiger partial charge in [0.05, 0.1) is 23.0 Å². The summed E-state index contributed by atoms with van der Waals surface area (Å²) >= 11 is 6.11. The molecule has 126 valence electrons. The molecule has 1 N–H and O–H groups in total. The van der Waals surface area contributed by atoms with Crippen molar-refractivity contribution in [3.8, 4) is 11.8 Å². The average molecular weight is 345 g/mol. The lowest BCUT2D eigenvalue weighted by molar-refractivity contribution is 0.215. The highest BCUT2D eigenvalue weighted by Gasteiger charge is 2.18. The summed E-state index contributed by atoms with van der Waals surface area (Å²) in [5.41, 5.74) is 2.75. The number of aliphatic hydroxyl groups excluding tert-OH is 1. The molecule has 0 spiro atoms. The van der Waals surface area contributed by atoms with Gasteiger partial charge in [-0.15, -0.1) is 0 Å². The minimum Gasteiger partial charge on any atom is -0.396 e. The lowest BCUT2D eigenvalue weighted by Crippen LogP contribution is -2.25. The van der Waals surface area contributed by atoms with Gasteiger partial charge in [-0.05, 0) is 25.2 Å². The van der Waals surface area contributed by atoms with Crippen LogP contribution in [0.15, 0.2) is 24.7 Å². The first kappa shape index (κ1) is 16.8. The van der Waals surface area contributed by atoms with Crippen molar-refractivity contribution in [3.63, 3.8) is 0 Å². The van der Waals surface area contributed by atoms with Gasteiger partial charge in [0, 0.05) is 45.2 Å². The Morgan fingerprint density at radius 2 is 2.17 bits per heavy atom. The summed E-state index contributed by atoms with van der Waals surface area (Å²) in [5.74, 6) is 6.72. The van der Waals surface area contributed by atoms with Crippen molar-refractivity contribution in [2.75, 3.05) is 24.6 Å². The van der Waals surface area contributed by atoms with Gasteiger partial charge >= 0.3 is 0 Å². The molecule has 0 radical (unpaired) electrons. The second kappa shape index (κ2) is 7.69. The topological polar surface area (TPSA) is 54.2 Å². The van der Waals surface area contributed by atoms with Gasteiger partial charge in [-0.3, -0.25) is 4.68 Å². The third-order valence-electron chi connectivity index (χ3n) is 4.34. The zero-order valence-electron chi connectivity index (χ0n) is 13.7. The SMILES string of the molecule is Cn1cc(C#Cc2cnc(Cl)cc2N2CCCC(CO)CC2)cn1. The number of rotatable bonds is 2. The molecule has 1 atom stereocenters. The van der Waals surface area contributed by atoms with E-state index in [0.717, 1.165) is 49.2 Å². The van der Waals surface area contributed by atoms with Gasteiger partial charge < -0.3 is 10.0 Å². The van der Waals surface area contributed by atoms with Crippen molar-refractivity contribution >= 4 is 17.3 Å². The molecule has 2 aromatic rings. The third kappa shape index (κ3) is 4.08. The molecule has 6 heteroatoms. The molecule has 0 saturated carbocycles. The summed E-state index contributed by atoms with van der Waals surface area (Å²) in [7, 11) is 1.87. The Labute approximate surface area is 147 Å². The highest BCUT2D eigenvalue weighted by Crippen LogP contribution is 2.27. The third-order valence-corrected chi connectivity index (χ3v) is 4.55. The van der Waals surface area contributed by atoms with Crippen molar-refractivity contribution in [1.29, 1.82) is 0 Å². The van der Waals surface area contributed by atoms with Gasteiger partial charge in [-0.2, -0.15) is 5.10 Å². The van der Waals surface area contributed by atoms with Gasteiger partial charge in [0.25, 0.3) is 0 Å². The zero-order valence-corrected chi connectivity index (χ0v) is 14.5. The first-order valence-electron chi connectivity index (χ1n) is 8.17. The van der Waals surface area contributed by atoms with Crippen molar-refractivity contribution in [3.05, 3.63) is 40.9 Å². The van der Waals surface area contributed by atoms with Crippen LogP contribution in [-0.2, 0) is 7.05 Å². The molecule has 1 unspecified atom stereocenters. The summed E-state index contributed by atoms with van der Waals surface area (Å²) in [6, 6.07) is 1.88. The maximum atomic E-state index is 9.40. The fourth-order valence-electron chi connectivity index (χ4n) is 2.99. The summed E-state index contributed by atoms with van der Waals surface area (Å²) in [5, 5.41) is 14.0. The van der Waals surface area contributed by atoms with Gasteiger partial charge in [-0.25, -0.2) is 4.98 Å². The molecule has 2 aromatic heterocycles. The lowest BCUT2D eigenvalue weighted by Gasteiger charge is -2.24. The molecule has 0 amide bonds.